The van der Waals surface area contributed by atoms with Crippen LogP contribution in [0.25, 0.3) is 0 Å². The number of hydrogen-bond acceptors (Lipinski definition) is 3. The van der Waals surface area contributed by atoms with Crippen molar-refractivity contribution in [2.24, 2.45) is 7.05 Å². The van der Waals surface area contributed by atoms with Crippen molar-refractivity contribution >= 4 is 23.3 Å². The largest absolute Gasteiger partial charge is 0.304 e. The van der Waals surface area contributed by atoms with E-state index in [0.717, 1.165) is 0 Å². The maximum Gasteiger partial charge on any atom is 0.276 e. The number of rotatable bonds is 3. The van der Waals surface area contributed by atoms with Gasteiger partial charge in [0.25, 0.3) is 5.91 Å². The topological polar surface area (TPSA) is 64.7 Å². The summed E-state index contributed by atoms with van der Waals surface area (Å²) in [7, 11) is 1.78. The van der Waals surface area contributed by atoms with Gasteiger partial charge in [0.15, 0.2) is 5.82 Å². The van der Waals surface area contributed by atoms with Gasteiger partial charge in [0.1, 0.15) is 5.69 Å². The van der Waals surface area contributed by atoms with E-state index in [9.17, 15) is 4.79 Å². The van der Waals surface area contributed by atoms with Crippen molar-refractivity contribution in [2.45, 2.75) is 13.5 Å². The number of halogens is 1. The highest BCUT2D eigenvalue weighted by Crippen LogP contribution is 2.16. The van der Waals surface area contributed by atoms with Crippen LogP contribution in [0.4, 0.5) is 5.82 Å². The highest BCUT2D eigenvalue weighted by molar-refractivity contribution is 6.34. The summed E-state index contributed by atoms with van der Waals surface area (Å²) in [6.07, 6.45) is 3.20. The molecule has 0 bridgehead atoms. The number of amides is 1. The first kappa shape index (κ1) is 11.7. The fourth-order valence-electron chi connectivity index (χ4n) is 1.49. The Kier molecular flexibility index (Phi) is 3.14. The molecule has 1 amide bonds. The van der Waals surface area contributed by atoms with E-state index in [1.807, 2.05) is 6.92 Å². The normalized spacial score (nSPS) is 10.5. The van der Waals surface area contributed by atoms with Crippen LogP contribution in [0.5, 0.6) is 0 Å². The molecule has 2 rings (SSSR count). The first-order valence-corrected chi connectivity index (χ1v) is 5.52. The summed E-state index contributed by atoms with van der Waals surface area (Å²) in [6, 6.07) is 1.71. The van der Waals surface area contributed by atoms with Crippen molar-refractivity contribution < 1.29 is 4.79 Å². The molecule has 1 N–H and O–H groups in total. The number of carbonyl (C=O) groups is 1. The van der Waals surface area contributed by atoms with E-state index >= 15 is 0 Å². The Balaban J connectivity index is 2.22. The fraction of sp³-hybridized carbons (Fsp3) is 0.300. The van der Waals surface area contributed by atoms with E-state index in [4.69, 9.17) is 11.6 Å². The van der Waals surface area contributed by atoms with Gasteiger partial charge in [-0.25, -0.2) is 0 Å². The number of aryl methyl sites for hydroxylation is 2. The Labute approximate surface area is 103 Å². The van der Waals surface area contributed by atoms with Crippen LogP contribution < -0.4 is 5.32 Å². The molecule has 2 aromatic rings. The molecule has 0 aliphatic heterocycles. The molecular formula is C10H12ClN5O. The second kappa shape index (κ2) is 4.58. The monoisotopic (exact) mass is 253 g/mol. The molecule has 17 heavy (non-hydrogen) atoms. The molecular weight excluding hydrogens is 242 g/mol. The van der Waals surface area contributed by atoms with Gasteiger partial charge < -0.3 is 5.32 Å². The number of aromatic nitrogens is 4. The average molecular weight is 254 g/mol. The molecule has 0 atom stereocenters. The highest BCUT2D eigenvalue weighted by atomic mass is 35.5. The van der Waals surface area contributed by atoms with Crippen LogP contribution in [-0.4, -0.2) is 25.5 Å². The Morgan fingerprint density at radius 2 is 2.35 bits per heavy atom. The van der Waals surface area contributed by atoms with Gasteiger partial charge in [0, 0.05) is 25.9 Å². The second-order valence-electron chi connectivity index (χ2n) is 3.49. The fourth-order valence-corrected chi connectivity index (χ4v) is 1.71. The lowest BCUT2D eigenvalue weighted by molar-refractivity contribution is 0.101. The third-order valence-electron chi connectivity index (χ3n) is 2.26. The van der Waals surface area contributed by atoms with Crippen molar-refractivity contribution in [3.05, 3.63) is 29.2 Å². The molecule has 0 unspecified atom stereocenters. The van der Waals surface area contributed by atoms with Gasteiger partial charge in [-0.15, -0.1) is 0 Å². The lowest BCUT2D eigenvalue weighted by atomic mass is 10.4. The Hall–Kier alpha value is -1.82. The molecule has 0 fully saturated rings. The van der Waals surface area contributed by atoms with Gasteiger partial charge >= 0.3 is 0 Å². The van der Waals surface area contributed by atoms with Gasteiger partial charge in [-0.05, 0) is 6.92 Å². The molecule has 0 saturated heterocycles. The first-order chi connectivity index (χ1) is 8.11. The van der Waals surface area contributed by atoms with E-state index in [2.05, 4.69) is 15.5 Å². The molecule has 0 aromatic carbocycles. The van der Waals surface area contributed by atoms with E-state index < -0.39 is 0 Å². The maximum atomic E-state index is 12.0. The van der Waals surface area contributed by atoms with Crippen LogP contribution in [0.2, 0.25) is 5.02 Å². The van der Waals surface area contributed by atoms with Crippen molar-refractivity contribution in [3.8, 4) is 0 Å². The maximum absolute atomic E-state index is 12.0. The standard InChI is InChI=1S/C10H12ClN5O/c1-3-16-9(7(11)6-12-16)10(17)13-8-4-5-15(2)14-8/h4-6H,3H2,1-2H3,(H,13,14,17). The molecule has 0 aliphatic rings. The minimum absolute atomic E-state index is 0.312. The third-order valence-corrected chi connectivity index (χ3v) is 2.54. The average Bonchev–Trinajstić information content (AvgIpc) is 2.84. The summed E-state index contributed by atoms with van der Waals surface area (Å²) < 4.78 is 3.15. The summed E-state index contributed by atoms with van der Waals surface area (Å²) >= 11 is 5.92. The molecule has 0 radical (unpaired) electrons. The van der Waals surface area contributed by atoms with Gasteiger partial charge in [0.05, 0.1) is 11.2 Å². The van der Waals surface area contributed by atoms with Gasteiger partial charge in [-0.3, -0.25) is 14.2 Å². The molecule has 0 aliphatic carbocycles. The number of nitrogens with zero attached hydrogens (tertiary/aromatic N) is 4. The number of carbonyl (C=O) groups excluding carboxylic acids is 1. The summed E-state index contributed by atoms with van der Waals surface area (Å²) in [4.78, 5) is 12.0. The highest BCUT2D eigenvalue weighted by Gasteiger charge is 2.17. The second-order valence-corrected chi connectivity index (χ2v) is 3.89. The summed E-state index contributed by atoms with van der Waals surface area (Å²) in [5.41, 5.74) is 0.347. The summed E-state index contributed by atoms with van der Waals surface area (Å²) in [5.74, 6) is 0.172. The lowest BCUT2D eigenvalue weighted by Gasteiger charge is -2.04. The molecule has 90 valence electrons. The van der Waals surface area contributed by atoms with Crippen molar-refractivity contribution in [1.29, 1.82) is 0 Å². The predicted molar refractivity (Wildman–Crippen MR) is 64.1 cm³/mol. The third kappa shape index (κ3) is 2.31. The van der Waals surface area contributed by atoms with Crippen LogP contribution in [0.1, 0.15) is 17.4 Å². The van der Waals surface area contributed by atoms with E-state index in [1.54, 1.807) is 28.7 Å². The van der Waals surface area contributed by atoms with E-state index in [1.165, 1.54) is 6.20 Å². The SMILES string of the molecule is CCn1ncc(Cl)c1C(=O)Nc1ccn(C)n1. The molecule has 2 aromatic heterocycles. The van der Waals surface area contributed by atoms with Crippen molar-refractivity contribution in [2.75, 3.05) is 5.32 Å². The number of hydrogen-bond donors (Lipinski definition) is 1. The van der Waals surface area contributed by atoms with E-state index in [-0.39, 0.29) is 5.91 Å². The Morgan fingerprint density at radius 3 is 2.94 bits per heavy atom. The minimum atomic E-state index is -0.312. The van der Waals surface area contributed by atoms with Gasteiger partial charge in [0.2, 0.25) is 0 Å². The minimum Gasteiger partial charge on any atom is -0.304 e. The molecule has 2 heterocycles. The quantitative estimate of drug-likeness (QED) is 0.903. The molecule has 0 saturated carbocycles. The van der Waals surface area contributed by atoms with Gasteiger partial charge in [-0.1, -0.05) is 11.6 Å². The predicted octanol–water partition coefficient (Wildman–Crippen LogP) is 1.54. The van der Waals surface area contributed by atoms with Crippen molar-refractivity contribution in [1.82, 2.24) is 19.6 Å². The first-order valence-electron chi connectivity index (χ1n) is 5.14. The summed E-state index contributed by atoms with van der Waals surface area (Å²) in [5, 5.41) is 11.1. The van der Waals surface area contributed by atoms with Crippen LogP contribution in [0.3, 0.4) is 0 Å². The zero-order valence-corrected chi connectivity index (χ0v) is 10.3. The zero-order valence-electron chi connectivity index (χ0n) is 9.51. The van der Waals surface area contributed by atoms with Crippen molar-refractivity contribution in [3.63, 3.8) is 0 Å². The van der Waals surface area contributed by atoms with Crippen LogP contribution in [0, 0.1) is 0 Å². The summed E-state index contributed by atoms with van der Waals surface area (Å²) in [6.45, 7) is 2.47. The lowest BCUT2D eigenvalue weighted by Crippen LogP contribution is -2.18. The van der Waals surface area contributed by atoms with Crippen LogP contribution in [0.15, 0.2) is 18.5 Å². The smallest absolute Gasteiger partial charge is 0.276 e. The van der Waals surface area contributed by atoms with Crippen LogP contribution >= 0.6 is 11.6 Å². The van der Waals surface area contributed by atoms with Crippen LogP contribution in [-0.2, 0) is 13.6 Å². The zero-order chi connectivity index (χ0) is 12.4. The van der Waals surface area contributed by atoms with Gasteiger partial charge in [-0.2, -0.15) is 10.2 Å². The number of anilines is 1. The molecule has 0 spiro atoms. The Bertz CT molecular complexity index is 545. The van der Waals surface area contributed by atoms with E-state index in [0.29, 0.717) is 23.1 Å². The molecule has 6 nitrogen and oxygen atoms in total. The Morgan fingerprint density at radius 1 is 1.59 bits per heavy atom. The molecule has 7 heteroatoms. The number of nitrogens with one attached hydrogen (secondary N) is 1.